The summed E-state index contributed by atoms with van der Waals surface area (Å²) in [6.45, 7) is 3.41. The lowest BCUT2D eigenvalue weighted by atomic mass is 9.95. The number of amides is 1. The van der Waals surface area contributed by atoms with Crippen molar-refractivity contribution < 1.29 is 19.0 Å². The van der Waals surface area contributed by atoms with Gasteiger partial charge in [-0.2, -0.15) is 0 Å². The second-order valence-electron chi connectivity index (χ2n) is 8.06. The SMILES string of the molecule is COc1ccccc1CN1CCC(C(=O)N(C)CCc2ccc(OC)c(OC)c2)CC1. The van der Waals surface area contributed by atoms with Gasteiger partial charge in [-0.3, -0.25) is 9.69 Å². The van der Waals surface area contributed by atoms with Gasteiger partial charge in [0, 0.05) is 31.6 Å². The minimum absolute atomic E-state index is 0.101. The second-order valence-corrected chi connectivity index (χ2v) is 8.06. The maximum absolute atomic E-state index is 13.0. The van der Waals surface area contributed by atoms with Crippen molar-refractivity contribution in [2.45, 2.75) is 25.8 Å². The van der Waals surface area contributed by atoms with Crippen molar-refractivity contribution >= 4 is 5.91 Å². The van der Waals surface area contributed by atoms with E-state index >= 15 is 0 Å². The molecule has 0 atom stereocenters. The number of hydrogen-bond donors (Lipinski definition) is 0. The molecule has 6 heteroatoms. The summed E-state index contributed by atoms with van der Waals surface area (Å²) in [5.41, 5.74) is 2.32. The third-order valence-electron chi connectivity index (χ3n) is 6.08. The number of benzene rings is 2. The Hall–Kier alpha value is -2.73. The first-order valence-corrected chi connectivity index (χ1v) is 10.9. The number of para-hydroxylation sites is 1. The van der Waals surface area contributed by atoms with Crippen LogP contribution in [-0.2, 0) is 17.8 Å². The molecule has 0 spiro atoms. The highest BCUT2D eigenvalue weighted by Gasteiger charge is 2.27. The Labute approximate surface area is 185 Å². The van der Waals surface area contributed by atoms with E-state index < -0.39 is 0 Å². The number of methoxy groups -OCH3 is 3. The van der Waals surface area contributed by atoms with E-state index in [0.29, 0.717) is 6.54 Å². The van der Waals surface area contributed by atoms with E-state index in [1.807, 2.05) is 48.3 Å². The third kappa shape index (κ3) is 5.91. The van der Waals surface area contributed by atoms with Gasteiger partial charge in [-0.1, -0.05) is 24.3 Å². The molecular weight excluding hydrogens is 392 g/mol. The molecule has 168 valence electrons. The van der Waals surface area contributed by atoms with Gasteiger partial charge in [-0.05, 0) is 56.1 Å². The molecule has 0 N–H and O–H groups in total. The summed E-state index contributed by atoms with van der Waals surface area (Å²) >= 11 is 0. The molecule has 31 heavy (non-hydrogen) atoms. The van der Waals surface area contributed by atoms with E-state index in [0.717, 1.165) is 61.7 Å². The molecule has 0 radical (unpaired) electrons. The topological polar surface area (TPSA) is 51.2 Å². The zero-order valence-corrected chi connectivity index (χ0v) is 19.1. The van der Waals surface area contributed by atoms with Gasteiger partial charge in [0.25, 0.3) is 0 Å². The van der Waals surface area contributed by atoms with E-state index in [-0.39, 0.29) is 11.8 Å². The predicted molar refractivity (Wildman–Crippen MR) is 122 cm³/mol. The van der Waals surface area contributed by atoms with Crippen LogP contribution in [0.3, 0.4) is 0 Å². The first kappa shape index (κ1) is 22.9. The number of likely N-dealkylation sites (tertiary alicyclic amines) is 1. The number of hydrogen-bond acceptors (Lipinski definition) is 5. The van der Waals surface area contributed by atoms with Crippen LogP contribution in [-0.4, -0.2) is 63.7 Å². The Morgan fingerprint density at radius 1 is 0.968 bits per heavy atom. The zero-order chi connectivity index (χ0) is 22.2. The van der Waals surface area contributed by atoms with Crippen LogP contribution in [0.1, 0.15) is 24.0 Å². The van der Waals surface area contributed by atoms with E-state index in [2.05, 4.69) is 11.0 Å². The minimum atomic E-state index is 0.101. The van der Waals surface area contributed by atoms with E-state index in [4.69, 9.17) is 14.2 Å². The van der Waals surface area contributed by atoms with Gasteiger partial charge in [-0.15, -0.1) is 0 Å². The Bertz CT molecular complexity index is 862. The molecule has 1 heterocycles. The number of carbonyl (C=O) groups excluding carboxylic acids is 1. The molecule has 6 nitrogen and oxygen atoms in total. The van der Waals surface area contributed by atoms with Gasteiger partial charge in [0.2, 0.25) is 5.91 Å². The lowest BCUT2D eigenvalue weighted by Crippen LogP contribution is -2.41. The Kier molecular flexibility index (Phi) is 8.18. The molecule has 2 aromatic rings. The molecule has 1 saturated heterocycles. The molecule has 0 aromatic heterocycles. The number of carbonyl (C=O) groups is 1. The molecule has 1 aliphatic rings. The van der Waals surface area contributed by atoms with Crippen molar-refractivity contribution in [1.82, 2.24) is 9.80 Å². The average molecular weight is 427 g/mol. The van der Waals surface area contributed by atoms with Crippen molar-refractivity contribution in [3.8, 4) is 17.2 Å². The molecule has 1 aliphatic heterocycles. The normalized spacial score (nSPS) is 14.8. The van der Waals surface area contributed by atoms with Crippen LogP contribution >= 0.6 is 0 Å². The summed E-state index contributed by atoms with van der Waals surface area (Å²) in [6, 6.07) is 14.1. The first-order valence-electron chi connectivity index (χ1n) is 10.9. The Morgan fingerprint density at radius 3 is 2.32 bits per heavy atom. The highest BCUT2D eigenvalue weighted by molar-refractivity contribution is 5.78. The first-order chi connectivity index (χ1) is 15.0. The van der Waals surface area contributed by atoms with Crippen LogP contribution in [0.15, 0.2) is 42.5 Å². The molecule has 3 rings (SSSR count). The molecule has 1 amide bonds. The quantitative estimate of drug-likeness (QED) is 0.613. The van der Waals surface area contributed by atoms with E-state index in [1.165, 1.54) is 5.56 Å². The third-order valence-corrected chi connectivity index (χ3v) is 6.08. The smallest absolute Gasteiger partial charge is 0.225 e. The van der Waals surface area contributed by atoms with Crippen LogP contribution in [0.25, 0.3) is 0 Å². The van der Waals surface area contributed by atoms with Gasteiger partial charge in [-0.25, -0.2) is 0 Å². The molecular formula is C25H34N2O4. The number of rotatable bonds is 9. The molecule has 0 unspecified atom stereocenters. The average Bonchev–Trinajstić information content (AvgIpc) is 2.82. The van der Waals surface area contributed by atoms with Gasteiger partial charge in [0.15, 0.2) is 11.5 Å². The second kappa shape index (κ2) is 11.0. The van der Waals surface area contributed by atoms with Crippen LogP contribution in [0.5, 0.6) is 17.2 Å². The van der Waals surface area contributed by atoms with Crippen molar-refractivity contribution in [2.75, 3.05) is 48.0 Å². The van der Waals surface area contributed by atoms with Crippen LogP contribution in [0.2, 0.25) is 0 Å². The fourth-order valence-corrected chi connectivity index (χ4v) is 4.17. The molecule has 0 bridgehead atoms. The van der Waals surface area contributed by atoms with Crippen molar-refractivity contribution in [3.63, 3.8) is 0 Å². The van der Waals surface area contributed by atoms with Crippen molar-refractivity contribution in [2.24, 2.45) is 5.92 Å². The lowest BCUT2D eigenvalue weighted by Gasteiger charge is -2.33. The largest absolute Gasteiger partial charge is 0.496 e. The van der Waals surface area contributed by atoms with E-state index in [9.17, 15) is 4.79 Å². The fourth-order valence-electron chi connectivity index (χ4n) is 4.17. The molecule has 1 fully saturated rings. The van der Waals surface area contributed by atoms with Gasteiger partial charge in [0.05, 0.1) is 21.3 Å². The van der Waals surface area contributed by atoms with Gasteiger partial charge in [0.1, 0.15) is 5.75 Å². The molecule has 2 aromatic carbocycles. The van der Waals surface area contributed by atoms with Gasteiger partial charge < -0.3 is 19.1 Å². The Balaban J connectivity index is 1.47. The summed E-state index contributed by atoms with van der Waals surface area (Å²) in [4.78, 5) is 17.2. The summed E-state index contributed by atoms with van der Waals surface area (Å²) in [7, 11) is 6.88. The summed E-state index contributed by atoms with van der Waals surface area (Å²) in [5, 5.41) is 0. The maximum atomic E-state index is 13.0. The summed E-state index contributed by atoms with van der Waals surface area (Å²) in [5.74, 6) is 2.71. The fraction of sp³-hybridized carbons (Fsp3) is 0.480. The lowest BCUT2D eigenvalue weighted by molar-refractivity contribution is -0.135. The monoisotopic (exact) mass is 426 g/mol. The number of nitrogens with zero attached hydrogens (tertiary/aromatic N) is 2. The maximum Gasteiger partial charge on any atom is 0.225 e. The summed E-state index contributed by atoms with van der Waals surface area (Å²) in [6.07, 6.45) is 2.58. The highest BCUT2D eigenvalue weighted by Crippen LogP contribution is 2.28. The minimum Gasteiger partial charge on any atom is -0.496 e. The van der Waals surface area contributed by atoms with Crippen LogP contribution < -0.4 is 14.2 Å². The van der Waals surface area contributed by atoms with Gasteiger partial charge >= 0.3 is 0 Å². The van der Waals surface area contributed by atoms with Crippen LogP contribution in [0, 0.1) is 5.92 Å². The molecule has 0 saturated carbocycles. The Morgan fingerprint density at radius 2 is 1.65 bits per heavy atom. The number of piperidine rings is 1. The summed E-state index contributed by atoms with van der Waals surface area (Å²) < 4.78 is 16.1. The molecule has 0 aliphatic carbocycles. The standard InChI is InChI=1S/C25H34N2O4/c1-26(14-11-19-9-10-23(30-3)24(17-19)31-4)25(28)20-12-15-27(16-13-20)18-21-7-5-6-8-22(21)29-2/h5-10,17,20H,11-16,18H2,1-4H3. The van der Waals surface area contributed by atoms with Crippen molar-refractivity contribution in [1.29, 1.82) is 0 Å². The number of likely N-dealkylation sites (N-methyl/N-ethyl adjacent to an activating group) is 1. The van der Waals surface area contributed by atoms with E-state index in [1.54, 1.807) is 21.3 Å². The zero-order valence-electron chi connectivity index (χ0n) is 19.1. The predicted octanol–water partition coefficient (Wildman–Crippen LogP) is 3.63. The van der Waals surface area contributed by atoms with Crippen molar-refractivity contribution in [3.05, 3.63) is 53.6 Å². The number of ether oxygens (including phenoxy) is 3. The highest BCUT2D eigenvalue weighted by atomic mass is 16.5. The van der Waals surface area contributed by atoms with Crippen LogP contribution in [0.4, 0.5) is 0 Å².